The fourth-order valence-corrected chi connectivity index (χ4v) is 2.15. The number of nitrogens with one attached hydrogen (secondary N) is 1. The molecule has 0 fully saturated rings. The van der Waals surface area contributed by atoms with Crippen LogP contribution in [0.4, 0.5) is 0 Å². The normalized spacial score (nSPS) is 10.2. The number of carbonyl (C=O) groups is 1. The number of nitrogens with zero attached hydrogens (tertiary/aromatic N) is 1. The SMILES string of the molecule is COc1cccc(OC)c1C(=O)NCCCn1cccc1. The summed E-state index contributed by atoms with van der Waals surface area (Å²) in [5, 5.41) is 2.90. The molecule has 0 spiro atoms. The number of aryl methyl sites for hydroxylation is 1. The van der Waals surface area contributed by atoms with Gasteiger partial charge in [0, 0.05) is 25.5 Å². The molecule has 112 valence electrons. The Labute approximate surface area is 124 Å². The molecule has 0 saturated carbocycles. The Morgan fingerprint density at radius 3 is 2.29 bits per heavy atom. The van der Waals surface area contributed by atoms with Crippen LogP contribution in [0.3, 0.4) is 0 Å². The van der Waals surface area contributed by atoms with Crippen LogP contribution in [0.15, 0.2) is 42.7 Å². The summed E-state index contributed by atoms with van der Waals surface area (Å²) in [7, 11) is 3.08. The van der Waals surface area contributed by atoms with Crippen molar-refractivity contribution in [2.75, 3.05) is 20.8 Å². The van der Waals surface area contributed by atoms with Gasteiger partial charge in [-0.25, -0.2) is 0 Å². The number of amides is 1. The van der Waals surface area contributed by atoms with E-state index in [1.165, 1.54) is 14.2 Å². The van der Waals surface area contributed by atoms with Crippen LogP contribution in [0, 0.1) is 0 Å². The first-order valence-corrected chi connectivity index (χ1v) is 6.86. The molecule has 0 atom stereocenters. The van der Waals surface area contributed by atoms with Crippen LogP contribution >= 0.6 is 0 Å². The molecule has 0 radical (unpaired) electrons. The Kier molecular flexibility index (Phi) is 5.26. The van der Waals surface area contributed by atoms with Crippen molar-refractivity contribution in [3.63, 3.8) is 0 Å². The third kappa shape index (κ3) is 3.78. The lowest BCUT2D eigenvalue weighted by Gasteiger charge is -2.13. The predicted molar refractivity (Wildman–Crippen MR) is 80.9 cm³/mol. The number of aromatic nitrogens is 1. The average Bonchev–Trinajstić information content (AvgIpc) is 3.03. The van der Waals surface area contributed by atoms with Gasteiger partial charge in [-0.15, -0.1) is 0 Å². The number of hydrogen-bond donors (Lipinski definition) is 1. The molecule has 5 nitrogen and oxygen atoms in total. The van der Waals surface area contributed by atoms with Crippen molar-refractivity contribution in [2.45, 2.75) is 13.0 Å². The van der Waals surface area contributed by atoms with Gasteiger partial charge in [0.2, 0.25) is 0 Å². The zero-order chi connectivity index (χ0) is 15.1. The van der Waals surface area contributed by atoms with E-state index < -0.39 is 0 Å². The molecule has 1 aromatic carbocycles. The van der Waals surface area contributed by atoms with Crippen molar-refractivity contribution in [3.05, 3.63) is 48.3 Å². The number of ether oxygens (including phenoxy) is 2. The van der Waals surface area contributed by atoms with Gasteiger partial charge in [-0.1, -0.05) is 6.07 Å². The minimum absolute atomic E-state index is 0.184. The maximum absolute atomic E-state index is 12.3. The highest BCUT2D eigenvalue weighted by Gasteiger charge is 2.17. The van der Waals surface area contributed by atoms with Gasteiger partial charge in [0.05, 0.1) is 14.2 Å². The lowest BCUT2D eigenvalue weighted by Crippen LogP contribution is -2.26. The van der Waals surface area contributed by atoms with E-state index in [-0.39, 0.29) is 5.91 Å². The average molecular weight is 288 g/mol. The van der Waals surface area contributed by atoms with Crippen LogP contribution in [-0.4, -0.2) is 31.2 Å². The van der Waals surface area contributed by atoms with Crippen LogP contribution in [0.1, 0.15) is 16.8 Å². The number of rotatable bonds is 7. The third-order valence-corrected chi connectivity index (χ3v) is 3.20. The van der Waals surface area contributed by atoms with E-state index >= 15 is 0 Å². The second kappa shape index (κ2) is 7.38. The van der Waals surface area contributed by atoms with E-state index in [1.54, 1.807) is 18.2 Å². The summed E-state index contributed by atoms with van der Waals surface area (Å²) in [6.07, 6.45) is 4.87. The first kappa shape index (κ1) is 15.0. The summed E-state index contributed by atoms with van der Waals surface area (Å²) in [6, 6.07) is 9.26. The molecule has 0 aliphatic carbocycles. The lowest BCUT2D eigenvalue weighted by atomic mass is 10.1. The molecule has 1 amide bonds. The molecule has 0 bridgehead atoms. The maximum atomic E-state index is 12.3. The molecule has 1 N–H and O–H groups in total. The first-order chi connectivity index (χ1) is 10.3. The van der Waals surface area contributed by atoms with Gasteiger partial charge in [0.15, 0.2) is 0 Å². The first-order valence-electron chi connectivity index (χ1n) is 6.86. The number of methoxy groups -OCH3 is 2. The molecular weight excluding hydrogens is 268 g/mol. The minimum atomic E-state index is -0.184. The zero-order valence-electron chi connectivity index (χ0n) is 12.3. The molecule has 0 unspecified atom stereocenters. The molecule has 1 aromatic heterocycles. The molecule has 1 heterocycles. The summed E-state index contributed by atoms with van der Waals surface area (Å²) >= 11 is 0. The smallest absolute Gasteiger partial charge is 0.258 e. The molecule has 0 aliphatic heterocycles. The fourth-order valence-electron chi connectivity index (χ4n) is 2.15. The van der Waals surface area contributed by atoms with E-state index in [0.29, 0.717) is 23.6 Å². The highest BCUT2D eigenvalue weighted by Crippen LogP contribution is 2.27. The van der Waals surface area contributed by atoms with Gasteiger partial charge in [-0.3, -0.25) is 4.79 Å². The summed E-state index contributed by atoms with van der Waals surface area (Å²) < 4.78 is 12.5. The lowest BCUT2D eigenvalue weighted by molar-refractivity contribution is 0.0946. The molecule has 5 heteroatoms. The summed E-state index contributed by atoms with van der Waals surface area (Å²) in [5.74, 6) is 0.839. The van der Waals surface area contributed by atoms with Crippen LogP contribution < -0.4 is 14.8 Å². The fraction of sp³-hybridized carbons (Fsp3) is 0.312. The number of hydrogen-bond acceptors (Lipinski definition) is 3. The molecule has 21 heavy (non-hydrogen) atoms. The van der Waals surface area contributed by atoms with Crippen LogP contribution in [-0.2, 0) is 6.54 Å². The summed E-state index contributed by atoms with van der Waals surface area (Å²) in [6.45, 7) is 1.47. The van der Waals surface area contributed by atoms with Gasteiger partial charge < -0.3 is 19.4 Å². The quantitative estimate of drug-likeness (QED) is 0.796. The van der Waals surface area contributed by atoms with Crippen molar-refractivity contribution in [1.29, 1.82) is 0 Å². The van der Waals surface area contributed by atoms with Crippen LogP contribution in [0.5, 0.6) is 11.5 Å². The summed E-state index contributed by atoms with van der Waals surface area (Å²) in [4.78, 5) is 12.3. The number of benzene rings is 1. The van der Waals surface area contributed by atoms with Gasteiger partial charge in [-0.05, 0) is 30.7 Å². The Hall–Kier alpha value is -2.43. The molecule has 0 saturated heterocycles. The zero-order valence-corrected chi connectivity index (χ0v) is 12.3. The minimum Gasteiger partial charge on any atom is -0.496 e. The monoisotopic (exact) mass is 288 g/mol. The van der Waals surface area contributed by atoms with Crippen molar-refractivity contribution in [1.82, 2.24) is 9.88 Å². The van der Waals surface area contributed by atoms with Gasteiger partial charge in [-0.2, -0.15) is 0 Å². The topological polar surface area (TPSA) is 52.5 Å². The van der Waals surface area contributed by atoms with Crippen LogP contribution in [0.2, 0.25) is 0 Å². The van der Waals surface area contributed by atoms with E-state index in [1.807, 2.05) is 24.5 Å². The highest BCUT2D eigenvalue weighted by molar-refractivity contribution is 5.99. The summed E-state index contributed by atoms with van der Waals surface area (Å²) in [5.41, 5.74) is 0.434. The molecule has 2 aromatic rings. The van der Waals surface area contributed by atoms with E-state index in [0.717, 1.165) is 13.0 Å². The second-order valence-corrected chi connectivity index (χ2v) is 4.57. The Morgan fingerprint density at radius 1 is 1.10 bits per heavy atom. The van der Waals surface area contributed by atoms with Crippen molar-refractivity contribution < 1.29 is 14.3 Å². The third-order valence-electron chi connectivity index (χ3n) is 3.20. The van der Waals surface area contributed by atoms with E-state index in [9.17, 15) is 4.79 Å². The second-order valence-electron chi connectivity index (χ2n) is 4.57. The van der Waals surface area contributed by atoms with Crippen molar-refractivity contribution >= 4 is 5.91 Å². The predicted octanol–water partition coefficient (Wildman–Crippen LogP) is 2.33. The largest absolute Gasteiger partial charge is 0.496 e. The molecular formula is C16H20N2O3. The standard InChI is InChI=1S/C16H20N2O3/c1-20-13-7-5-8-14(21-2)15(13)16(19)17-9-6-12-18-10-3-4-11-18/h3-5,7-8,10-11H,6,9,12H2,1-2H3,(H,17,19). The Bertz CT molecular complexity index is 557. The van der Waals surface area contributed by atoms with Crippen molar-refractivity contribution in [3.8, 4) is 11.5 Å². The Balaban J connectivity index is 1.93. The maximum Gasteiger partial charge on any atom is 0.258 e. The Morgan fingerprint density at radius 2 is 1.71 bits per heavy atom. The van der Waals surface area contributed by atoms with E-state index in [4.69, 9.17) is 9.47 Å². The van der Waals surface area contributed by atoms with Crippen LogP contribution in [0.25, 0.3) is 0 Å². The molecule has 0 aliphatic rings. The van der Waals surface area contributed by atoms with Crippen molar-refractivity contribution in [2.24, 2.45) is 0 Å². The highest BCUT2D eigenvalue weighted by atomic mass is 16.5. The van der Waals surface area contributed by atoms with Gasteiger partial charge >= 0.3 is 0 Å². The van der Waals surface area contributed by atoms with Gasteiger partial charge in [0.25, 0.3) is 5.91 Å². The number of carbonyl (C=O) groups excluding carboxylic acids is 1. The van der Waals surface area contributed by atoms with Gasteiger partial charge in [0.1, 0.15) is 17.1 Å². The van der Waals surface area contributed by atoms with E-state index in [2.05, 4.69) is 9.88 Å². The molecule has 2 rings (SSSR count).